The summed E-state index contributed by atoms with van der Waals surface area (Å²) in [5, 5.41) is 0. The summed E-state index contributed by atoms with van der Waals surface area (Å²) in [4.78, 5) is 13.9. The van der Waals surface area contributed by atoms with Crippen LogP contribution in [0.3, 0.4) is 0 Å². The van der Waals surface area contributed by atoms with Gasteiger partial charge in [0.1, 0.15) is 5.60 Å². The van der Waals surface area contributed by atoms with Crippen LogP contribution in [-0.4, -0.2) is 54.7 Å². The van der Waals surface area contributed by atoms with Crippen molar-refractivity contribution < 1.29 is 23.0 Å². The normalized spacial score (nSPS) is 32.6. The third kappa shape index (κ3) is 3.32. The van der Waals surface area contributed by atoms with Crippen LogP contribution in [-0.2, 0) is 14.3 Å². The molecule has 2 saturated carbocycles. The summed E-state index contributed by atoms with van der Waals surface area (Å²) in [5.74, 6) is -2.54. The number of alkyl halides is 2. The molecule has 2 heterocycles. The molecule has 1 spiro atoms. The summed E-state index contributed by atoms with van der Waals surface area (Å²) in [6.45, 7) is 2.59. The van der Waals surface area contributed by atoms with Gasteiger partial charge in [0, 0.05) is 38.4 Å². The molecule has 0 bridgehead atoms. The maximum Gasteiger partial charge on any atom is 0.249 e. The quantitative estimate of drug-likeness (QED) is 0.788. The Hall–Kier alpha value is -0.750. The van der Waals surface area contributed by atoms with Crippen LogP contribution < -0.4 is 0 Å². The first-order valence-electron chi connectivity index (χ1n) is 9.37. The van der Waals surface area contributed by atoms with Crippen LogP contribution in [0.5, 0.6) is 0 Å². The molecule has 4 fully saturated rings. The minimum atomic E-state index is -2.64. The predicted molar refractivity (Wildman–Crippen MR) is 83.9 cm³/mol. The average Bonchev–Trinajstić information content (AvgIpc) is 3.01. The third-order valence-corrected chi connectivity index (χ3v) is 6.20. The highest BCUT2D eigenvalue weighted by molar-refractivity contribution is 5.81. The topological polar surface area (TPSA) is 38.8 Å². The Morgan fingerprint density at radius 1 is 1.12 bits per heavy atom. The Kier molecular flexibility index (Phi) is 4.32. The molecule has 0 radical (unpaired) electrons. The van der Waals surface area contributed by atoms with Crippen molar-refractivity contribution in [2.75, 3.05) is 26.3 Å². The first-order chi connectivity index (χ1) is 11.4. The molecule has 1 atom stereocenters. The van der Waals surface area contributed by atoms with Gasteiger partial charge in [-0.15, -0.1) is 0 Å². The molecule has 4 nitrogen and oxygen atoms in total. The zero-order valence-corrected chi connectivity index (χ0v) is 14.1. The molecule has 24 heavy (non-hydrogen) atoms. The fourth-order valence-electron chi connectivity index (χ4n) is 4.69. The molecule has 6 heteroatoms. The van der Waals surface area contributed by atoms with Crippen molar-refractivity contribution in [3.63, 3.8) is 0 Å². The van der Waals surface area contributed by atoms with Gasteiger partial charge in [-0.05, 0) is 25.2 Å². The number of carbonyl (C=O) groups is 1. The summed E-state index contributed by atoms with van der Waals surface area (Å²) in [6, 6.07) is 0. The number of ether oxygens (including phenoxy) is 2. The number of hydrogen-bond donors (Lipinski definition) is 0. The highest BCUT2D eigenvalue weighted by Crippen LogP contribution is 2.45. The maximum atomic E-state index is 12.9. The molecule has 2 saturated heterocycles. The molecule has 2 aliphatic carbocycles. The van der Waals surface area contributed by atoms with Crippen LogP contribution >= 0.6 is 0 Å². The lowest BCUT2D eigenvalue weighted by atomic mass is 9.77. The molecule has 0 aromatic heterocycles. The number of likely N-dealkylation sites (tertiary alicyclic amines) is 1. The largest absolute Gasteiger partial charge is 0.378 e. The van der Waals surface area contributed by atoms with Crippen molar-refractivity contribution >= 4 is 5.91 Å². The number of rotatable bonds is 4. The summed E-state index contributed by atoms with van der Waals surface area (Å²) >= 11 is 0. The SMILES string of the molecule is O=C(C1CC(F)(F)C1)N1CC2(C[C@H](OCC3CCCC3)CCO2)C1. The molecule has 4 rings (SSSR count). The van der Waals surface area contributed by atoms with E-state index in [0.717, 1.165) is 19.4 Å². The highest BCUT2D eigenvalue weighted by Gasteiger charge is 2.55. The monoisotopic (exact) mass is 343 g/mol. The van der Waals surface area contributed by atoms with Crippen LogP contribution in [0.25, 0.3) is 0 Å². The zero-order chi connectivity index (χ0) is 16.8. The van der Waals surface area contributed by atoms with Gasteiger partial charge in [-0.3, -0.25) is 4.79 Å². The van der Waals surface area contributed by atoms with Crippen molar-refractivity contribution in [2.45, 2.75) is 69.0 Å². The molecule has 0 aromatic carbocycles. The van der Waals surface area contributed by atoms with Crippen molar-refractivity contribution in [1.29, 1.82) is 0 Å². The summed E-state index contributed by atoms with van der Waals surface area (Å²) in [5.41, 5.74) is -0.291. The molecule has 0 unspecified atom stereocenters. The second kappa shape index (κ2) is 6.20. The Bertz CT molecular complexity index is 479. The number of hydrogen-bond acceptors (Lipinski definition) is 3. The van der Waals surface area contributed by atoms with Gasteiger partial charge in [-0.25, -0.2) is 8.78 Å². The lowest BCUT2D eigenvalue weighted by molar-refractivity contribution is -0.210. The summed E-state index contributed by atoms with van der Waals surface area (Å²) < 4.78 is 37.9. The van der Waals surface area contributed by atoms with Crippen LogP contribution in [0.4, 0.5) is 8.78 Å². The van der Waals surface area contributed by atoms with Crippen LogP contribution in [0.1, 0.15) is 51.4 Å². The number of halogens is 2. The number of nitrogens with zero attached hydrogens (tertiary/aromatic N) is 1. The minimum Gasteiger partial charge on any atom is -0.378 e. The second-order valence-corrected chi connectivity index (χ2v) is 8.29. The van der Waals surface area contributed by atoms with Crippen LogP contribution in [0, 0.1) is 11.8 Å². The first-order valence-corrected chi connectivity index (χ1v) is 9.37. The molecule has 2 aliphatic heterocycles. The average molecular weight is 343 g/mol. The van der Waals surface area contributed by atoms with E-state index in [-0.39, 0.29) is 30.5 Å². The van der Waals surface area contributed by atoms with Gasteiger partial charge in [-0.2, -0.15) is 0 Å². The molecule has 0 N–H and O–H groups in total. The lowest BCUT2D eigenvalue weighted by Gasteiger charge is -2.54. The van der Waals surface area contributed by atoms with Crippen LogP contribution in [0.2, 0.25) is 0 Å². The van der Waals surface area contributed by atoms with E-state index >= 15 is 0 Å². The lowest BCUT2D eigenvalue weighted by Crippen LogP contribution is -2.68. The standard InChI is InChI=1S/C18H27F2NO3/c19-18(20)7-14(8-18)16(22)21-11-17(12-21)9-15(5-6-24-17)23-10-13-3-1-2-4-13/h13-15H,1-12H2/t15-/m1/s1. The van der Waals surface area contributed by atoms with Crippen molar-refractivity contribution in [1.82, 2.24) is 4.90 Å². The van der Waals surface area contributed by atoms with Gasteiger partial charge in [0.05, 0.1) is 19.2 Å². The van der Waals surface area contributed by atoms with E-state index in [1.165, 1.54) is 25.7 Å². The van der Waals surface area contributed by atoms with Gasteiger partial charge in [0.2, 0.25) is 11.8 Å². The van der Waals surface area contributed by atoms with Gasteiger partial charge in [0.25, 0.3) is 0 Å². The number of amides is 1. The van der Waals surface area contributed by atoms with E-state index in [9.17, 15) is 13.6 Å². The molecule has 136 valence electrons. The zero-order valence-electron chi connectivity index (χ0n) is 14.1. The fourth-order valence-corrected chi connectivity index (χ4v) is 4.69. The number of carbonyl (C=O) groups excluding carboxylic acids is 1. The first kappa shape index (κ1) is 16.7. The van der Waals surface area contributed by atoms with E-state index in [0.29, 0.717) is 25.6 Å². The Morgan fingerprint density at radius 2 is 1.83 bits per heavy atom. The highest BCUT2D eigenvalue weighted by atomic mass is 19.3. The van der Waals surface area contributed by atoms with E-state index in [2.05, 4.69) is 0 Å². The molecular formula is C18H27F2NO3. The Balaban J connectivity index is 1.23. The summed E-state index contributed by atoms with van der Waals surface area (Å²) in [6.07, 6.45) is 6.58. The maximum absolute atomic E-state index is 12.9. The Morgan fingerprint density at radius 3 is 2.50 bits per heavy atom. The fraction of sp³-hybridized carbons (Fsp3) is 0.944. The van der Waals surface area contributed by atoms with E-state index < -0.39 is 11.8 Å². The van der Waals surface area contributed by atoms with Gasteiger partial charge in [0.15, 0.2) is 0 Å². The minimum absolute atomic E-state index is 0.121. The van der Waals surface area contributed by atoms with Crippen molar-refractivity contribution in [3.8, 4) is 0 Å². The Labute approximate surface area is 141 Å². The van der Waals surface area contributed by atoms with E-state index in [1.807, 2.05) is 0 Å². The van der Waals surface area contributed by atoms with Gasteiger partial charge < -0.3 is 14.4 Å². The molecule has 4 aliphatic rings. The molecule has 0 aromatic rings. The smallest absolute Gasteiger partial charge is 0.249 e. The van der Waals surface area contributed by atoms with E-state index in [4.69, 9.17) is 9.47 Å². The van der Waals surface area contributed by atoms with E-state index in [1.54, 1.807) is 4.90 Å². The predicted octanol–water partition coefficient (Wildman–Crippen LogP) is 3.00. The molecular weight excluding hydrogens is 316 g/mol. The van der Waals surface area contributed by atoms with Crippen molar-refractivity contribution in [3.05, 3.63) is 0 Å². The van der Waals surface area contributed by atoms with Crippen molar-refractivity contribution in [2.24, 2.45) is 11.8 Å². The van der Waals surface area contributed by atoms with Gasteiger partial charge >= 0.3 is 0 Å². The van der Waals surface area contributed by atoms with Crippen LogP contribution in [0.15, 0.2) is 0 Å². The second-order valence-electron chi connectivity index (χ2n) is 8.29. The third-order valence-electron chi connectivity index (χ3n) is 6.20. The van der Waals surface area contributed by atoms with Gasteiger partial charge in [-0.1, -0.05) is 12.8 Å². The summed E-state index contributed by atoms with van der Waals surface area (Å²) in [7, 11) is 0. The molecule has 1 amide bonds.